The molecule has 2 aliphatic heterocycles. The maximum atomic E-state index is 12.7. The Morgan fingerprint density at radius 1 is 1.43 bits per heavy atom. The first-order valence-electron chi connectivity index (χ1n) is 6.99. The Labute approximate surface area is 123 Å². The van der Waals surface area contributed by atoms with E-state index in [4.69, 9.17) is 0 Å². The molecule has 0 spiro atoms. The van der Waals surface area contributed by atoms with E-state index in [-0.39, 0.29) is 35.8 Å². The van der Waals surface area contributed by atoms with E-state index in [9.17, 15) is 18.3 Å². The summed E-state index contributed by atoms with van der Waals surface area (Å²) in [7, 11) is -3.64. The highest BCUT2D eigenvalue weighted by atomic mass is 32.2. The Bertz CT molecular complexity index is 686. The van der Waals surface area contributed by atoms with Crippen LogP contribution in [0.3, 0.4) is 0 Å². The molecule has 6 nitrogen and oxygen atoms in total. The van der Waals surface area contributed by atoms with Crippen molar-refractivity contribution >= 4 is 21.6 Å². The predicted octanol–water partition coefficient (Wildman–Crippen LogP) is 0.573. The Balaban J connectivity index is 1.96. The fourth-order valence-corrected chi connectivity index (χ4v) is 4.82. The number of nitrogens with zero attached hydrogens (tertiary/aromatic N) is 1. The zero-order valence-corrected chi connectivity index (χ0v) is 12.6. The van der Waals surface area contributed by atoms with Crippen molar-refractivity contribution in [1.82, 2.24) is 4.31 Å². The third kappa shape index (κ3) is 2.35. The minimum atomic E-state index is -3.64. The zero-order valence-electron chi connectivity index (χ0n) is 11.7. The normalized spacial score (nSPS) is 25.9. The van der Waals surface area contributed by atoms with Crippen molar-refractivity contribution in [2.45, 2.75) is 30.7 Å². The highest BCUT2D eigenvalue weighted by Crippen LogP contribution is 2.32. The molecule has 0 aromatic heterocycles. The summed E-state index contributed by atoms with van der Waals surface area (Å²) in [6.45, 7) is 2.19. The van der Waals surface area contributed by atoms with Gasteiger partial charge in [0.15, 0.2) is 0 Å². The highest BCUT2D eigenvalue weighted by molar-refractivity contribution is 7.89. The van der Waals surface area contributed by atoms with Crippen LogP contribution in [-0.4, -0.2) is 42.9 Å². The molecule has 2 unspecified atom stereocenters. The number of carbonyl (C=O) groups excluding carboxylic acids is 1. The Hall–Kier alpha value is -1.44. The largest absolute Gasteiger partial charge is 0.395 e. The van der Waals surface area contributed by atoms with E-state index in [1.54, 1.807) is 12.1 Å². The van der Waals surface area contributed by atoms with Crippen LogP contribution in [0, 0.1) is 5.92 Å². The van der Waals surface area contributed by atoms with E-state index < -0.39 is 10.0 Å². The van der Waals surface area contributed by atoms with E-state index >= 15 is 0 Å². The molecular weight excluding hydrogens is 292 g/mol. The van der Waals surface area contributed by atoms with Gasteiger partial charge >= 0.3 is 0 Å². The number of fused-ring (bicyclic) bond motifs is 1. The van der Waals surface area contributed by atoms with Gasteiger partial charge in [0.1, 0.15) is 0 Å². The molecule has 114 valence electrons. The van der Waals surface area contributed by atoms with Gasteiger partial charge in [0.25, 0.3) is 0 Å². The van der Waals surface area contributed by atoms with Gasteiger partial charge in [-0.2, -0.15) is 4.31 Å². The monoisotopic (exact) mass is 310 g/mol. The fraction of sp³-hybridized carbons (Fsp3) is 0.500. The number of sulfonamides is 1. The molecule has 1 saturated heterocycles. The maximum Gasteiger partial charge on any atom is 0.243 e. The van der Waals surface area contributed by atoms with Crippen LogP contribution in [-0.2, 0) is 21.2 Å². The van der Waals surface area contributed by atoms with E-state index in [0.717, 1.165) is 6.42 Å². The predicted molar refractivity (Wildman–Crippen MR) is 77.3 cm³/mol. The molecule has 1 aromatic rings. The third-order valence-corrected chi connectivity index (χ3v) is 6.25. The average Bonchev–Trinajstić information content (AvgIpc) is 2.99. The van der Waals surface area contributed by atoms with Gasteiger partial charge in [-0.25, -0.2) is 8.42 Å². The van der Waals surface area contributed by atoms with E-state index in [1.807, 2.05) is 6.92 Å². The lowest BCUT2D eigenvalue weighted by molar-refractivity contribution is -0.115. The van der Waals surface area contributed by atoms with Crippen LogP contribution in [0.25, 0.3) is 0 Å². The van der Waals surface area contributed by atoms with Gasteiger partial charge in [-0.05, 0) is 36.1 Å². The third-order valence-electron chi connectivity index (χ3n) is 4.33. The number of hydrogen-bond acceptors (Lipinski definition) is 4. The van der Waals surface area contributed by atoms with E-state index in [1.165, 1.54) is 10.4 Å². The molecule has 3 rings (SSSR count). The molecule has 0 aliphatic carbocycles. The van der Waals surface area contributed by atoms with Crippen molar-refractivity contribution in [3.8, 4) is 0 Å². The van der Waals surface area contributed by atoms with Gasteiger partial charge in [-0.1, -0.05) is 6.92 Å². The van der Waals surface area contributed by atoms with E-state index in [0.29, 0.717) is 17.8 Å². The van der Waals surface area contributed by atoms with Gasteiger partial charge in [-0.15, -0.1) is 0 Å². The van der Waals surface area contributed by atoms with Crippen molar-refractivity contribution < 1.29 is 18.3 Å². The molecule has 21 heavy (non-hydrogen) atoms. The van der Waals surface area contributed by atoms with Crippen LogP contribution in [0.5, 0.6) is 0 Å². The van der Waals surface area contributed by atoms with Crippen LogP contribution in [0.1, 0.15) is 18.9 Å². The summed E-state index contributed by atoms with van der Waals surface area (Å²) in [6, 6.07) is 4.32. The van der Waals surface area contributed by atoms with Crippen LogP contribution < -0.4 is 5.32 Å². The number of amides is 1. The number of carbonyl (C=O) groups is 1. The molecule has 0 saturated carbocycles. The summed E-state index contributed by atoms with van der Waals surface area (Å²) in [5.74, 6) is 0.0185. The van der Waals surface area contributed by atoms with Crippen molar-refractivity contribution in [3.05, 3.63) is 23.8 Å². The van der Waals surface area contributed by atoms with Gasteiger partial charge in [0.2, 0.25) is 15.9 Å². The standard InChI is InChI=1S/C14H18N2O4S/c1-9-4-5-16(13(9)8-17)21(19,20)11-2-3-12-10(6-11)7-14(18)15-12/h2-3,6,9,13,17H,4-5,7-8H2,1H3,(H,15,18). The zero-order chi connectivity index (χ0) is 15.2. The molecule has 1 amide bonds. The van der Waals surface area contributed by atoms with Gasteiger partial charge in [-0.3, -0.25) is 4.79 Å². The average molecular weight is 310 g/mol. The smallest absolute Gasteiger partial charge is 0.243 e. The molecule has 1 aromatic carbocycles. The molecule has 7 heteroatoms. The quantitative estimate of drug-likeness (QED) is 0.854. The summed E-state index contributed by atoms with van der Waals surface area (Å²) in [4.78, 5) is 11.5. The van der Waals surface area contributed by atoms with Crippen molar-refractivity contribution in [2.75, 3.05) is 18.5 Å². The van der Waals surface area contributed by atoms with Crippen molar-refractivity contribution in [2.24, 2.45) is 5.92 Å². The molecule has 0 bridgehead atoms. The van der Waals surface area contributed by atoms with E-state index in [2.05, 4.69) is 5.32 Å². The summed E-state index contributed by atoms with van der Waals surface area (Å²) < 4.78 is 26.9. The first kappa shape index (κ1) is 14.5. The van der Waals surface area contributed by atoms with Crippen LogP contribution in [0.4, 0.5) is 5.69 Å². The van der Waals surface area contributed by atoms with Crippen molar-refractivity contribution in [1.29, 1.82) is 0 Å². The lowest BCUT2D eigenvalue weighted by Gasteiger charge is -2.24. The number of nitrogens with one attached hydrogen (secondary N) is 1. The lowest BCUT2D eigenvalue weighted by atomic mass is 10.0. The molecule has 2 N–H and O–H groups in total. The highest BCUT2D eigenvalue weighted by Gasteiger charge is 2.39. The number of rotatable bonds is 3. The van der Waals surface area contributed by atoms with Gasteiger partial charge < -0.3 is 10.4 Å². The second kappa shape index (κ2) is 5.08. The second-order valence-electron chi connectivity index (χ2n) is 5.68. The van der Waals surface area contributed by atoms with Gasteiger partial charge in [0, 0.05) is 12.2 Å². The van der Waals surface area contributed by atoms with Gasteiger partial charge in [0.05, 0.1) is 24.0 Å². The summed E-state index contributed by atoms with van der Waals surface area (Å²) in [5, 5.41) is 12.1. The summed E-state index contributed by atoms with van der Waals surface area (Å²) in [5.41, 5.74) is 1.38. The molecule has 2 atom stereocenters. The molecular formula is C14H18N2O4S. The number of aliphatic hydroxyl groups excluding tert-OH is 1. The maximum absolute atomic E-state index is 12.7. The number of aliphatic hydroxyl groups is 1. The second-order valence-corrected chi connectivity index (χ2v) is 7.57. The van der Waals surface area contributed by atoms with Crippen LogP contribution >= 0.6 is 0 Å². The first-order valence-corrected chi connectivity index (χ1v) is 8.43. The van der Waals surface area contributed by atoms with Crippen LogP contribution in [0.2, 0.25) is 0 Å². The Morgan fingerprint density at radius 2 is 2.19 bits per heavy atom. The first-order chi connectivity index (χ1) is 9.93. The number of hydrogen-bond donors (Lipinski definition) is 2. The Kier molecular flexibility index (Phi) is 3.51. The minimum absolute atomic E-state index is 0.123. The fourth-order valence-electron chi connectivity index (χ4n) is 3.04. The lowest BCUT2D eigenvalue weighted by Crippen LogP contribution is -2.39. The summed E-state index contributed by atoms with van der Waals surface area (Å²) in [6.07, 6.45) is 0.952. The minimum Gasteiger partial charge on any atom is -0.395 e. The number of benzene rings is 1. The molecule has 0 radical (unpaired) electrons. The van der Waals surface area contributed by atoms with Crippen LogP contribution in [0.15, 0.2) is 23.1 Å². The molecule has 2 aliphatic rings. The SMILES string of the molecule is CC1CCN(S(=O)(=O)c2ccc3c(c2)CC(=O)N3)C1CO. The topological polar surface area (TPSA) is 86.7 Å². The molecule has 1 fully saturated rings. The number of anilines is 1. The van der Waals surface area contributed by atoms with Crippen molar-refractivity contribution in [3.63, 3.8) is 0 Å². The summed E-state index contributed by atoms with van der Waals surface area (Å²) >= 11 is 0. The Morgan fingerprint density at radius 3 is 2.90 bits per heavy atom. The molecule has 2 heterocycles.